The highest BCUT2D eigenvalue weighted by atomic mass is 35.5. The van der Waals surface area contributed by atoms with Crippen LogP contribution >= 0.6 is 11.6 Å². The first kappa shape index (κ1) is 14.9. The minimum absolute atomic E-state index is 0.423. The molecule has 0 aliphatic carbocycles. The van der Waals surface area contributed by atoms with Gasteiger partial charge in [-0.15, -0.1) is 0 Å². The van der Waals surface area contributed by atoms with E-state index in [1.807, 2.05) is 13.8 Å². The van der Waals surface area contributed by atoms with Crippen LogP contribution in [0.4, 0.5) is 11.4 Å². The third kappa shape index (κ3) is 3.96. The Bertz CT molecular complexity index is 517. The monoisotopic (exact) mass is 292 g/mol. The van der Waals surface area contributed by atoms with Gasteiger partial charge in [0.05, 0.1) is 23.6 Å². The van der Waals surface area contributed by atoms with E-state index in [0.29, 0.717) is 35.3 Å². The molecule has 5 nitrogen and oxygen atoms in total. The number of benzene rings is 1. The van der Waals surface area contributed by atoms with E-state index in [-0.39, 0.29) is 0 Å². The molecule has 0 saturated carbocycles. The van der Waals surface area contributed by atoms with E-state index in [0.717, 1.165) is 6.26 Å². The van der Waals surface area contributed by atoms with Crippen molar-refractivity contribution in [2.45, 2.75) is 13.8 Å². The van der Waals surface area contributed by atoms with E-state index in [1.54, 1.807) is 12.1 Å². The predicted molar refractivity (Wildman–Crippen MR) is 75.3 cm³/mol. The molecule has 0 atom stereocenters. The second kappa shape index (κ2) is 6.15. The van der Waals surface area contributed by atoms with Crippen LogP contribution in [0.2, 0.25) is 5.02 Å². The van der Waals surface area contributed by atoms with E-state index in [1.165, 1.54) is 0 Å². The largest absolute Gasteiger partial charge is 0.490 e. The fraction of sp³-hybridized carbons (Fsp3) is 0.455. The van der Waals surface area contributed by atoms with Crippen LogP contribution in [0.25, 0.3) is 0 Å². The number of halogens is 1. The average Bonchev–Trinajstić information content (AvgIpc) is 2.25. The normalized spacial score (nSPS) is 11.1. The highest BCUT2D eigenvalue weighted by molar-refractivity contribution is 7.92. The Balaban J connectivity index is 3.28. The minimum atomic E-state index is -3.35. The van der Waals surface area contributed by atoms with E-state index >= 15 is 0 Å². The second-order valence-corrected chi connectivity index (χ2v) is 5.79. The number of hydrogen-bond acceptors (Lipinski definition) is 4. The summed E-state index contributed by atoms with van der Waals surface area (Å²) in [6.45, 7) is 4.81. The van der Waals surface area contributed by atoms with Gasteiger partial charge in [-0.3, -0.25) is 4.72 Å². The van der Waals surface area contributed by atoms with Gasteiger partial charge in [-0.1, -0.05) is 11.6 Å². The summed E-state index contributed by atoms with van der Waals surface area (Å²) in [7, 11) is -3.35. The van der Waals surface area contributed by atoms with Gasteiger partial charge in [0.15, 0.2) is 5.75 Å². The minimum Gasteiger partial charge on any atom is -0.490 e. The molecule has 0 amide bonds. The maximum Gasteiger partial charge on any atom is 0.229 e. The summed E-state index contributed by atoms with van der Waals surface area (Å²) in [5, 5.41) is 3.49. The molecule has 0 aliphatic rings. The molecule has 0 radical (unpaired) electrons. The molecule has 18 heavy (non-hydrogen) atoms. The number of ether oxygens (including phenoxy) is 1. The maximum atomic E-state index is 11.3. The number of sulfonamides is 1. The van der Waals surface area contributed by atoms with Crippen LogP contribution in [-0.4, -0.2) is 27.8 Å². The number of nitrogens with one attached hydrogen (secondary N) is 2. The van der Waals surface area contributed by atoms with Crippen molar-refractivity contribution in [3.05, 3.63) is 17.2 Å². The summed E-state index contributed by atoms with van der Waals surface area (Å²) in [6, 6.07) is 3.20. The third-order valence-corrected chi connectivity index (χ3v) is 2.94. The molecule has 0 heterocycles. The van der Waals surface area contributed by atoms with Gasteiger partial charge in [0, 0.05) is 6.54 Å². The number of rotatable bonds is 6. The molecule has 1 rings (SSSR count). The number of anilines is 2. The molecule has 0 aromatic heterocycles. The fourth-order valence-corrected chi connectivity index (χ4v) is 2.26. The summed E-state index contributed by atoms with van der Waals surface area (Å²) in [6.07, 6.45) is 1.09. The average molecular weight is 293 g/mol. The molecule has 0 spiro atoms. The molecule has 1 aromatic rings. The Morgan fingerprint density at radius 3 is 2.50 bits per heavy atom. The summed E-state index contributed by atoms with van der Waals surface area (Å²) in [5.41, 5.74) is 0.976. The first-order chi connectivity index (χ1) is 8.39. The fourth-order valence-electron chi connectivity index (χ4n) is 1.48. The molecule has 102 valence electrons. The molecule has 0 unspecified atom stereocenters. The summed E-state index contributed by atoms with van der Waals surface area (Å²) >= 11 is 6.04. The van der Waals surface area contributed by atoms with Gasteiger partial charge >= 0.3 is 0 Å². The van der Waals surface area contributed by atoms with Crippen LogP contribution in [0.15, 0.2) is 12.1 Å². The summed E-state index contributed by atoms with van der Waals surface area (Å²) < 4.78 is 30.5. The lowest BCUT2D eigenvalue weighted by molar-refractivity contribution is 0.342. The Morgan fingerprint density at radius 2 is 2.00 bits per heavy atom. The smallest absolute Gasteiger partial charge is 0.229 e. The zero-order valence-corrected chi connectivity index (χ0v) is 12.2. The molecule has 0 bridgehead atoms. The van der Waals surface area contributed by atoms with Gasteiger partial charge in [-0.2, -0.15) is 0 Å². The Labute approximate surface area is 113 Å². The van der Waals surface area contributed by atoms with Gasteiger partial charge in [0.2, 0.25) is 10.0 Å². The third-order valence-electron chi connectivity index (χ3n) is 2.05. The molecule has 0 aliphatic heterocycles. The van der Waals surface area contributed by atoms with Crippen molar-refractivity contribution in [2.75, 3.05) is 29.4 Å². The van der Waals surface area contributed by atoms with Gasteiger partial charge in [0.25, 0.3) is 0 Å². The van der Waals surface area contributed by atoms with Crippen LogP contribution in [0.1, 0.15) is 13.8 Å². The van der Waals surface area contributed by atoms with Crippen molar-refractivity contribution in [2.24, 2.45) is 0 Å². The van der Waals surface area contributed by atoms with Crippen molar-refractivity contribution in [3.63, 3.8) is 0 Å². The van der Waals surface area contributed by atoms with Crippen LogP contribution in [-0.2, 0) is 10.0 Å². The van der Waals surface area contributed by atoms with Crippen molar-refractivity contribution < 1.29 is 13.2 Å². The molecule has 0 saturated heterocycles. The maximum absolute atomic E-state index is 11.3. The lowest BCUT2D eigenvalue weighted by Gasteiger charge is -2.17. The lowest BCUT2D eigenvalue weighted by Crippen LogP contribution is -2.13. The summed E-state index contributed by atoms with van der Waals surface area (Å²) in [4.78, 5) is 0. The van der Waals surface area contributed by atoms with Crippen LogP contribution in [0.3, 0.4) is 0 Å². The van der Waals surface area contributed by atoms with E-state index in [2.05, 4.69) is 10.0 Å². The molecule has 0 fully saturated rings. The topological polar surface area (TPSA) is 67.4 Å². The van der Waals surface area contributed by atoms with Gasteiger partial charge in [-0.05, 0) is 26.0 Å². The predicted octanol–water partition coefficient (Wildman–Crippen LogP) is 2.54. The SMILES string of the molecule is CCNc1c(NS(C)(=O)=O)ccc(Cl)c1OCC. The molecular formula is C11H17ClN2O3S. The standard InChI is InChI=1S/C11H17ClN2O3S/c1-4-13-10-9(14-18(3,15)16)7-6-8(12)11(10)17-5-2/h6-7,13-14H,4-5H2,1-3H3. The first-order valence-corrected chi connectivity index (χ1v) is 7.83. The quantitative estimate of drug-likeness (QED) is 0.845. The van der Waals surface area contributed by atoms with Gasteiger partial charge < -0.3 is 10.1 Å². The summed E-state index contributed by atoms with van der Waals surface area (Å²) in [5.74, 6) is 0.453. The van der Waals surface area contributed by atoms with E-state index in [4.69, 9.17) is 16.3 Å². The Kier molecular flexibility index (Phi) is 5.10. The van der Waals surface area contributed by atoms with Crippen LogP contribution < -0.4 is 14.8 Å². The zero-order valence-electron chi connectivity index (χ0n) is 10.6. The zero-order chi connectivity index (χ0) is 13.8. The van der Waals surface area contributed by atoms with E-state index in [9.17, 15) is 8.42 Å². The second-order valence-electron chi connectivity index (χ2n) is 3.64. The molecule has 2 N–H and O–H groups in total. The highest BCUT2D eigenvalue weighted by Crippen LogP contribution is 2.39. The number of hydrogen-bond donors (Lipinski definition) is 2. The lowest BCUT2D eigenvalue weighted by atomic mass is 10.2. The Hall–Kier alpha value is -1.14. The Morgan fingerprint density at radius 1 is 1.33 bits per heavy atom. The van der Waals surface area contributed by atoms with Crippen molar-refractivity contribution in [1.82, 2.24) is 0 Å². The van der Waals surface area contributed by atoms with Crippen molar-refractivity contribution in [3.8, 4) is 5.75 Å². The van der Waals surface area contributed by atoms with Crippen LogP contribution in [0.5, 0.6) is 5.75 Å². The van der Waals surface area contributed by atoms with Gasteiger partial charge in [0.1, 0.15) is 5.69 Å². The van der Waals surface area contributed by atoms with Gasteiger partial charge in [-0.25, -0.2) is 8.42 Å². The molecule has 1 aromatic carbocycles. The highest BCUT2D eigenvalue weighted by Gasteiger charge is 2.15. The van der Waals surface area contributed by atoms with Crippen LogP contribution in [0, 0.1) is 0 Å². The molecular weight excluding hydrogens is 276 g/mol. The first-order valence-electron chi connectivity index (χ1n) is 5.56. The van der Waals surface area contributed by atoms with E-state index < -0.39 is 10.0 Å². The molecule has 7 heteroatoms. The van der Waals surface area contributed by atoms with Crippen molar-refractivity contribution >= 4 is 33.0 Å². The van der Waals surface area contributed by atoms with Crippen molar-refractivity contribution in [1.29, 1.82) is 0 Å².